The first-order chi connectivity index (χ1) is 16.5. The number of aromatic carboxylic acids is 1. The number of fused-ring (bicyclic) bond motifs is 3. The molecule has 1 aliphatic rings. The number of rotatable bonds is 5. The Morgan fingerprint density at radius 3 is 2.46 bits per heavy atom. The van der Waals surface area contributed by atoms with Gasteiger partial charge < -0.3 is 15.2 Å². The van der Waals surface area contributed by atoms with Crippen LogP contribution in [0.2, 0.25) is 5.02 Å². The van der Waals surface area contributed by atoms with E-state index in [1.165, 1.54) is 12.1 Å². The number of hydrogen-bond donors (Lipinski definition) is 2. The standard InChI is InChI=1S/C26H19ClN4O3.CH4/c1-34-20-9-4-15(5-10-20)23-22-12-18(27)6-11-21(22)24-17(13-28-23)14-29-26(31-24)30-19-7-2-16(3-8-19)25(32)33;/h2-12,14H,13H2,1H3,(H,32,33)(H,29,30,31);1H4. The van der Waals surface area contributed by atoms with Crippen molar-refractivity contribution in [2.75, 3.05) is 12.4 Å². The second-order valence-corrected chi connectivity index (χ2v) is 8.09. The zero-order valence-electron chi connectivity index (χ0n) is 18.1. The van der Waals surface area contributed by atoms with E-state index in [1.807, 2.05) is 42.5 Å². The molecule has 0 bridgehead atoms. The van der Waals surface area contributed by atoms with Gasteiger partial charge >= 0.3 is 5.97 Å². The maximum atomic E-state index is 11.1. The van der Waals surface area contributed by atoms with Gasteiger partial charge in [0.25, 0.3) is 0 Å². The van der Waals surface area contributed by atoms with Crippen molar-refractivity contribution >= 4 is 34.9 Å². The molecule has 35 heavy (non-hydrogen) atoms. The number of anilines is 2. The minimum Gasteiger partial charge on any atom is -0.497 e. The molecule has 2 N–H and O–H groups in total. The van der Waals surface area contributed by atoms with Crippen molar-refractivity contribution in [3.05, 3.63) is 100 Å². The Balaban J connectivity index is 0.00000289. The molecule has 7 nitrogen and oxygen atoms in total. The summed E-state index contributed by atoms with van der Waals surface area (Å²) in [6.07, 6.45) is 1.76. The minimum atomic E-state index is -0.976. The molecule has 0 atom stereocenters. The molecule has 0 amide bonds. The maximum Gasteiger partial charge on any atom is 0.335 e. The number of carbonyl (C=O) groups is 1. The van der Waals surface area contributed by atoms with Crippen LogP contribution in [0, 0.1) is 0 Å². The number of methoxy groups -OCH3 is 1. The minimum absolute atomic E-state index is 0. The van der Waals surface area contributed by atoms with Crippen LogP contribution in [0.5, 0.6) is 5.75 Å². The highest BCUT2D eigenvalue weighted by Crippen LogP contribution is 2.34. The molecule has 0 saturated carbocycles. The van der Waals surface area contributed by atoms with E-state index in [1.54, 1.807) is 25.4 Å². The van der Waals surface area contributed by atoms with Gasteiger partial charge in [-0.15, -0.1) is 0 Å². The molecule has 3 aromatic carbocycles. The normalized spacial score (nSPS) is 11.8. The molecular weight excluding hydrogens is 464 g/mol. The fourth-order valence-electron chi connectivity index (χ4n) is 3.81. The van der Waals surface area contributed by atoms with Gasteiger partial charge in [0.05, 0.1) is 30.6 Å². The van der Waals surface area contributed by atoms with Crippen LogP contribution in [-0.2, 0) is 6.54 Å². The largest absolute Gasteiger partial charge is 0.497 e. The van der Waals surface area contributed by atoms with Crippen molar-refractivity contribution < 1.29 is 14.6 Å². The summed E-state index contributed by atoms with van der Waals surface area (Å²) >= 11 is 6.37. The lowest BCUT2D eigenvalue weighted by Crippen LogP contribution is -2.05. The van der Waals surface area contributed by atoms with Gasteiger partial charge in [-0.25, -0.2) is 14.8 Å². The van der Waals surface area contributed by atoms with Gasteiger partial charge in [0.2, 0.25) is 5.95 Å². The molecule has 0 fully saturated rings. The molecule has 176 valence electrons. The van der Waals surface area contributed by atoms with E-state index in [4.69, 9.17) is 31.4 Å². The lowest BCUT2D eigenvalue weighted by molar-refractivity contribution is 0.0697. The highest BCUT2D eigenvalue weighted by molar-refractivity contribution is 6.31. The van der Waals surface area contributed by atoms with Crippen molar-refractivity contribution in [2.24, 2.45) is 4.99 Å². The zero-order valence-corrected chi connectivity index (χ0v) is 18.9. The predicted octanol–water partition coefficient (Wildman–Crippen LogP) is 6.23. The van der Waals surface area contributed by atoms with Gasteiger partial charge in [-0.1, -0.05) is 25.1 Å². The van der Waals surface area contributed by atoms with Crippen molar-refractivity contribution in [3.8, 4) is 17.0 Å². The van der Waals surface area contributed by atoms with Gasteiger partial charge in [0, 0.05) is 39.2 Å². The van der Waals surface area contributed by atoms with E-state index in [0.29, 0.717) is 23.2 Å². The molecule has 0 aliphatic carbocycles. The van der Waals surface area contributed by atoms with Crippen molar-refractivity contribution in [1.29, 1.82) is 0 Å². The van der Waals surface area contributed by atoms with Crippen LogP contribution in [0.15, 0.2) is 77.9 Å². The Bertz CT molecular complexity index is 1420. The van der Waals surface area contributed by atoms with Gasteiger partial charge in [-0.2, -0.15) is 0 Å². The molecule has 1 aliphatic heterocycles. The molecule has 8 heteroatoms. The quantitative estimate of drug-likeness (QED) is 0.347. The van der Waals surface area contributed by atoms with Crippen LogP contribution >= 0.6 is 11.6 Å². The molecule has 0 spiro atoms. The van der Waals surface area contributed by atoms with E-state index >= 15 is 0 Å². The number of aliphatic imine (C=N–C) groups is 1. The van der Waals surface area contributed by atoms with Crippen LogP contribution in [-0.4, -0.2) is 33.9 Å². The van der Waals surface area contributed by atoms with Gasteiger partial charge in [-0.3, -0.25) is 4.99 Å². The Morgan fingerprint density at radius 2 is 1.77 bits per heavy atom. The van der Waals surface area contributed by atoms with E-state index in [2.05, 4.69) is 10.3 Å². The number of aromatic nitrogens is 2. The molecule has 4 aromatic rings. The number of ether oxygens (including phenoxy) is 1. The van der Waals surface area contributed by atoms with Crippen molar-refractivity contribution in [1.82, 2.24) is 9.97 Å². The Labute approximate surface area is 208 Å². The summed E-state index contributed by atoms with van der Waals surface area (Å²) in [5, 5.41) is 12.8. The molecule has 1 aromatic heterocycles. The number of hydrogen-bond acceptors (Lipinski definition) is 6. The summed E-state index contributed by atoms with van der Waals surface area (Å²) in [4.78, 5) is 25.2. The second-order valence-electron chi connectivity index (χ2n) is 7.66. The summed E-state index contributed by atoms with van der Waals surface area (Å²) in [6.45, 7) is 0.413. The van der Waals surface area contributed by atoms with E-state index in [9.17, 15) is 4.79 Å². The lowest BCUT2D eigenvalue weighted by atomic mass is 9.95. The summed E-state index contributed by atoms with van der Waals surface area (Å²) < 4.78 is 5.29. The molecule has 0 saturated heterocycles. The van der Waals surface area contributed by atoms with Crippen molar-refractivity contribution in [3.63, 3.8) is 0 Å². The fourth-order valence-corrected chi connectivity index (χ4v) is 3.98. The number of nitrogens with zero attached hydrogens (tertiary/aromatic N) is 3. The first kappa shape index (κ1) is 23.9. The average Bonchev–Trinajstić information content (AvgIpc) is 3.01. The summed E-state index contributed by atoms with van der Waals surface area (Å²) in [6, 6.07) is 19.8. The highest BCUT2D eigenvalue weighted by atomic mass is 35.5. The van der Waals surface area contributed by atoms with Crippen LogP contribution in [0.1, 0.15) is 34.5 Å². The average molecular weight is 487 g/mol. The number of benzene rings is 3. The lowest BCUT2D eigenvalue weighted by Gasteiger charge is -2.13. The third-order valence-electron chi connectivity index (χ3n) is 5.52. The van der Waals surface area contributed by atoms with E-state index < -0.39 is 5.97 Å². The topological polar surface area (TPSA) is 96.7 Å². The molecule has 5 rings (SSSR count). The van der Waals surface area contributed by atoms with Gasteiger partial charge in [0.15, 0.2) is 0 Å². The molecular formula is C27H23ClN4O3. The Kier molecular flexibility index (Phi) is 6.80. The Morgan fingerprint density at radius 1 is 1.03 bits per heavy atom. The second kappa shape index (κ2) is 9.95. The number of carboxylic acid groups (broad SMARTS) is 1. The van der Waals surface area contributed by atoms with Crippen LogP contribution in [0.25, 0.3) is 11.3 Å². The van der Waals surface area contributed by atoms with Crippen molar-refractivity contribution in [2.45, 2.75) is 14.0 Å². The van der Waals surface area contributed by atoms with Crippen LogP contribution in [0.4, 0.5) is 11.6 Å². The highest BCUT2D eigenvalue weighted by Gasteiger charge is 2.21. The monoisotopic (exact) mass is 486 g/mol. The predicted molar refractivity (Wildman–Crippen MR) is 138 cm³/mol. The smallest absolute Gasteiger partial charge is 0.335 e. The number of carboxylic acids is 1. The summed E-state index contributed by atoms with van der Waals surface area (Å²) in [5.41, 5.74) is 6.09. The molecule has 0 radical (unpaired) electrons. The fraction of sp³-hybridized carbons (Fsp3) is 0.111. The Hall–Kier alpha value is -4.23. The van der Waals surface area contributed by atoms with Gasteiger partial charge in [0.1, 0.15) is 5.75 Å². The third kappa shape index (κ3) is 4.85. The first-order valence-corrected chi connectivity index (χ1v) is 10.8. The van der Waals surface area contributed by atoms with E-state index in [0.717, 1.165) is 39.4 Å². The first-order valence-electron chi connectivity index (χ1n) is 10.5. The molecule has 0 unspecified atom stereocenters. The number of halogens is 1. The SMILES string of the molecule is C.COc1ccc(C2=NCc3cnc(Nc4ccc(C(=O)O)cc4)nc3-c3ccc(Cl)cc32)cc1. The summed E-state index contributed by atoms with van der Waals surface area (Å²) in [5.74, 6) is 0.192. The third-order valence-corrected chi connectivity index (χ3v) is 5.75. The number of nitrogens with one attached hydrogen (secondary N) is 1. The van der Waals surface area contributed by atoms with Gasteiger partial charge in [-0.05, 0) is 60.7 Å². The maximum absolute atomic E-state index is 11.1. The van der Waals surface area contributed by atoms with E-state index in [-0.39, 0.29) is 13.0 Å². The summed E-state index contributed by atoms with van der Waals surface area (Å²) in [7, 11) is 1.63. The van der Waals surface area contributed by atoms with Crippen LogP contribution in [0.3, 0.4) is 0 Å². The van der Waals surface area contributed by atoms with Crippen LogP contribution < -0.4 is 10.1 Å². The zero-order chi connectivity index (χ0) is 23.7. The molecule has 2 heterocycles.